The van der Waals surface area contributed by atoms with E-state index in [9.17, 15) is 4.39 Å². The zero-order valence-corrected chi connectivity index (χ0v) is 11.5. The molecule has 0 radical (unpaired) electrons. The first kappa shape index (κ1) is 13.1. The largest absolute Gasteiger partial charge is 0.486 e. The maximum Gasteiger partial charge on any atom is 0.146 e. The summed E-state index contributed by atoms with van der Waals surface area (Å²) in [5.41, 5.74) is 0.909. The van der Waals surface area contributed by atoms with Gasteiger partial charge >= 0.3 is 0 Å². The second-order valence-electron chi connectivity index (χ2n) is 5.19. The number of nitrogens with zero attached hydrogens (tertiary/aromatic N) is 2. The monoisotopic (exact) mass is 275 g/mol. The van der Waals surface area contributed by atoms with Gasteiger partial charge in [0.1, 0.15) is 24.0 Å². The van der Waals surface area contributed by atoms with Crippen LogP contribution in [0.1, 0.15) is 24.2 Å². The highest BCUT2D eigenvalue weighted by Gasteiger charge is 2.20. The predicted molar refractivity (Wildman–Crippen MR) is 73.8 cm³/mol. The van der Waals surface area contributed by atoms with Crippen LogP contribution in [0.2, 0.25) is 0 Å². The molecule has 1 aliphatic carbocycles. The van der Waals surface area contributed by atoms with Gasteiger partial charge in [-0.25, -0.2) is 9.37 Å². The van der Waals surface area contributed by atoms with Crippen molar-refractivity contribution in [1.82, 2.24) is 14.9 Å². The number of rotatable bonds is 6. The maximum absolute atomic E-state index is 13.6. The fourth-order valence-corrected chi connectivity index (χ4v) is 2.04. The van der Waals surface area contributed by atoms with E-state index in [0.29, 0.717) is 24.9 Å². The van der Waals surface area contributed by atoms with Crippen molar-refractivity contribution in [2.24, 2.45) is 7.05 Å². The molecule has 0 unspecified atom stereocenters. The first-order valence-electron chi connectivity index (χ1n) is 6.82. The molecule has 0 spiro atoms. The molecule has 2 aromatic rings. The van der Waals surface area contributed by atoms with E-state index in [-0.39, 0.29) is 5.82 Å². The van der Waals surface area contributed by atoms with E-state index in [2.05, 4.69) is 10.3 Å². The summed E-state index contributed by atoms with van der Waals surface area (Å²) in [6, 6.07) is 5.43. The standard InChI is InChI=1S/C15H18FN3O/c1-19-5-4-17-15(19)10-20-14-7-11(6-12(16)8-14)9-18-13-2-3-13/h4-8,13,18H,2-3,9-10H2,1H3. The number of hydrogen-bond acceptors (Lipinski definition) is 3. The molecule has 106 valence electrons. The van der Waals surface area contributed by atoms with Crippen LogP contribution < -0.4 is 10.1 Å². The normalized spacial score (nSPS) is 14.5. The third-order valence-electron chi connectivity index (χ3n) is 3.39. The fourth-order valence-electron chi connectivity index (χ4n) is 2.04. The molecule has 1 fully saturated rings. The van der Waals surface area contributed by atoms with Crippen LogP contribution in [-0.2, 0) is 20.2 Å². The second kappa shape index (κ2) is 5.63. The van der Waals surface area contributed by atoms with Crippen LogP contribution >= 0.6 is 0 Å². The molecule has 20 heavy (non-hydrogen) atoms. The molecular formula is C15H18FN3O. The highest BCUT2D eigenvalue weighted by atomic mass is 19.1. The first-order chi connectivity index (χ1) is 9.70. The van der Waals surface area contributed by atoms with Gasteiger partial charge in [0.2, 0.25) is 0 Å². The Morgan fingerprint density at radius 1 is 1.40 bits per heavy atom. The van der Waals surface area contributed by atoms with Crippen LogP contribution in [0.5, 0.6) is 5.75 Å². The molecule has 3 rings (SSSR count). The number of aromatic nitrogens is 2. The van der Waals surface area contributed by atoms with Crippen molar-refractivity contribution < 1.29 is 9.13 Å². The first-order valence-corrected chi connectivity index (χ1v) is 6.82. The Hall–Kier alpha value is -1.88. The van der Waals surface area contributed by atoms with Crippen molar-refractivity contribution in [3.8, 4) is 5.75 Å². The van der Waals surface area contributed by atoms with E-state index in [0.717, 1.165) is 11.4 Å². The highest BCUT2D eigenvalue weighted by Crippen LogP contribution is 2.21. The molecule has 0 bridgehead atoms. The average molecular weight is 275 g/mol. The molecule has 1 aromatic carbocycles. The Labute approximate surface area is 117 Å². The summed E-state index contributed by atoms with van der Waals surface area (Å²) < 4.78 is 21.1. The Kier molecular flexibility index (Phi) is 3.69. The Morgan fingerprint density at radius 2 is 2.25 bits per heavy atom. The number of hydrogen-bond donors (Lipinski definition) is 1. The Balaban J connectivity index is 1.64. The number of imidazole rings is 1. The van der Waals surface area contributed by atoms with Gasteiger partial charge in [0.05, 0.1) is 0 Å². The molecule has 1 heterocycles. The lowest BCUT2D eigenvalue weighted by Crippen LogP contribution is -2.15. The van der Waals surface area contributed by atoms with Crippen molar-refractivity contribution in [2.45, 2.75) is 32.0 Å². The van der Waals surface area contributed by atoms with Gasteiger partial charge in [0, 0.05) is 38.1 Å². The molecule has 1 aromatic heterocycles. The van der Waals surface area contributed by atoms with Gasteiger partial charge in [-0.05, 0) is 30.5 Å². The quantitative estimate of drug-likeness (QED) is 0.880. The smallest absolute Gasteiger partial charge is 0.146 e. The van der Waals surface area contributed by atoms with Crippen LogP contribution in [0.4, 0.5) is 4.39 Å². The van der Waals surface area contributed by atoms with Gasteiger partial charge < -0.3 is 14.6 Å². The third-order valence-corrected chi connectivity index (χ3v) is 3.39. The van der Waals surface area contributed by atoms with E-state index in [1.54, 1.807) is 12.3 Å². The molecule has 1 aliphatic rings. The van der Waals surface area contributed by atoms with Crippen molar-refractivity contribution in [1.29, 1.82) is 0 Å². The number of halogens is 1. The van der Waals surface area contributed by atoms with Crippen molar-refractivity contribution >= 4 is 0 Å². The number of nitrogens with one attached hydrogen (secondary N) is 1. The number of benzene rings is 1. The zero-order chi connectivity index (χ0) is 13.9. The van der Waals surface area contributed by atoms with E-state index in [1.165, 1.54) is 18.9 Å². The lowest BCUT2D eigenvalue weighted by atomic mass is 10.2. The van der Waals surface area contributed by atoms with Gasteiger partial charge in [0.15, 0.2) is 0 Å². The minimum atomic E-state index is -0.269. The molecule has 0 aliphatic heterocycles. The fraction of sp³-hybridized carbons (Fsp3) is 0.400. The maximum atomic E-state index is 13.6. The summed E-state index contributed by atoms with van der Waals surface area (Å²) >= 11 is 0. The van der Waals surface area contributed by atoms with Crippen LogP contribution in [0.25, 0.3) is 0 Å². The highest BCUT2D eigenvalue weighted by molar-refractivity contribution is 5.29. The van der Waals surface area contributed by atoms with Gasteiger partial charge in [-0.2, -0.15) is 0 Å². The van der Waals surface area contributed by atoms with Gasteiger partial charge in [-0.1, -0.05) is 0 Å². The van der Waals surface area contributed by atoms with Gasteiger partial charge in [0.25, 0.3) is 0 Å². The SMILES string of the molecule is Cn1ccnc1COc1cc(F)cc(CNC2CC2)c1. The molecule has 5 heteroatoms. The van der Waals surface area contributed by atoms with Crippen molar-refractivity contribution in [2.75, 3.05) is 0 Å². The molecule has 4 nitrogen and oxygen atoms in total. The van der Waals surface area contributed by atoms with E-state index in [4.69, 9.17) is 4.74 Å². The summed E-state index contributed by atoms with van der Waals surface area (Å²) in [4.78, 5) is 4.18. The van der Waals surface area contributed by atoms with E-state index < -0.39 is 0 Å². The second-order valence-corrected chi connectivity index (χ2v) is 5.19. The Morgan fingerprint density at radius 3 is 2.95 bits per heavy atom. The van der Waals surface area contributed by atoms with Crippen molar-refractivity contribution in [3.63, 3.8) is 0 Å². The van der Waals surface area contributed by atoms with Crippen LogP contribution in [0.3, 0.4) is 0 Å². The molecular weight excluding hydrogens is 257 g/mol. The van der Waals surface area contributed by atoms with Gasteiger partial charge in [-0.15, -0.1) is 0 Å². The lowest BCUT2D eigenvalue weighted by molar-refractivity contribution is 0.290. The molecule has 1 N–H and O–H groups in total. The third kappa shape index (κ3) is 3.36. The number of aryl methyl sites for hydroxylation is 1. The summed E-state index contributed by atoms with van der Waals surface area (Å²) in [6.45, 7) is 1.02. The molecule has 0 saturated heterocycles. The van der Waals surface area contributed by atoms with Crippen LogP contribution in [0, 0.1) is 5.82 Å². The minimum Gasteiger partial charge on any atom is -0.486 e. The van der Waals surface area contributed by atoms with E-state index >= 15 is 0 Å². The predicted octanol–water partition coefficient (Wildman–Crippen LogP) is 2.39. The van der Waals surface area contributed by atoms with Crippen LogP contribution in [-0.4, -0.2) is 15.6 Å². The molecule has 0 amide bonds. The summed E-state index contributed by atoms with van der Waals surface area (Å²) in [5.74, 6) is 1.09. The minimum absolute atomic E-state index is 0.269. The zero-order valence-electron chi connectivity index (χ0n) is 11.5. The topological polar surface area (TPSA) is 39.1 Å². The van der Waals surface area contributed by atoms with Crippen LogP contribution in [0.15, 0.2) is 30.6 Å². The van der Waals surface area contributed by atoms with Gasteiger partial charge in [-0.3, -0.25) is 0 Å². The summed E-state index contributed by atoms with van der Waals surface area (Å²) in [6.07, 6.45) is 6.01. The Bertz CT molecular complexity index is 593. The molecule has 0 atom stereocenters. The average Bonchev–Trinajstić information content (AvgIpc) is 3.16. The van der Waals surface area contributed by atoms with Crippen molar-refractivity contribution in [3.05, 3.63) is 47.8 Å². The number of ether oxygens (including phenoxy) is 1. The summed E-state index contributed by atoms with van der Waals surface area (Å²) in [5, 5.41) is 3.37. The van der Waals surface area contributed by atoms with E-state index in [1.807, 2.05) is 23.9 Å². The lowest BCUT2D eigenvalue weighted by Gasteiger charge is -2.09. The summed E-state index contributed by atoms with van der Waals surface area (Å²) in [7, 11) is 1.91. The molecule has 1 saturated carbocycles.